The van der Waals surface area contributed by atoms with Crippen LogP contribution in [0.3, 0.4) is 0 Å². The molecule has 0 saturated carbocycles. The third kappa shape index (κ3) is 2.42. The Labute approximate surface area is 123 Å². The van der Waals surface area contributed by atoms with Crippen molar-refractivity contribution in [1.82, 2.24) is 19.4 Å². The smallest absolute Gasteiger partial charge is 0.256 e. The Morgan fingerprint density at radius 3 is 3.00 bits per heavy atom. The molecule has 6 nitrogen and oxygen atoms in total. The molecule has 3 heterocycles. The van der Waals surface area contributed by atoms with Gasteiger partial charge in [0.05, 0.1) is 36.8 Å². The Morgan fingerprint density at radius 1 is 1.48 bits per heavy atom. The molecule has 21 heavy (non-hydrogen) atoms. The van der Waals surface area contributed by atoms with E-state index in [0.29, 0.717) is 18.5 Å². The number of pyridine rings is 1. The summed E-state index contributed by atoms with van der Waals surface area (Å²) >= 11 is 0. The number of carbonyl (C=O) groups excluding carboxylic acids is 1. The third-order valence-electron chi connectivity index (χ3n) is 3.93. The zero-order valence-corrected chi connectivity index (χ0v) is 12.2. The van der Waals surface area contributed by atoms with E-state index in [1.807, 2.05) is 24.6 Å². The number of fused-ring (bicyclic) bond motifs is 1. The van der Waals surface area contributed by atoms with E-state index in [-0.39, 0.29) is 18.6 Å². The maximum absolute atomic E-state index is 12.7. The van der Waals surface area contributed by atoms with Gasteiger partial charge < -0.3 is 14.6 Å². The van der Waals surface area contributed by atoms with Gasteiger partial charge in [0.2, 0.25) is 0 Å². The van der Waals surface area contributed by atoms with Gasteiger partial charge in [-0.3, -0.25) is 9.78 Å². The Balaban J connectivity index is 1.92. The lowest BCUT2D eigenvalue weighted by Gasteiger charge is -2.34. The highest BCUT2D eigenvalue weighted by Gasteiger charge is 2.32. The van der Waals surface area contributed by atoms with Gasteiger partial charge in [0.15, 0.2) is 0 Å². The molecule has 3 rings (SSSR count). The lowest BCUT2D eigenvalue weighted by molar-refractivity contribution is 0.0535. The topological polar surface area (TPSA) is 71.2 Å². The van der Waals surface area contributed by atoms with Crippen LogP contribution >= 0.6 is 0 Å². The fourth-order valence-electron chi connectivity index (χ4n) is 2.76. The first-order chi connectivity index (χ1) is 10.1. The van der Waals surface area contributed by atoms with Crippen molar-refractivity contribution in [2.45, 2.75) is 25.9 Å². The summed E-state index contributed by atoms with van der Waals surface area (Å²) in [5.41, 5.74) is 3.47. The Hall–Kier alpha value is -2.21. The predicted octanol–water partition coefficient (Wildman–Crippen LogP) is 0.683. The fraction of sp³-hybridized carbons (Fsp3) is 0.400. The van der Waals surface area contributed by atoms with Crippen LogP contribution < -0.4 is 0 Å². The molecule has 0 aromatic carbocycles. The van der Waals surface area contributed by atoms with E-state index < -0.39 is 0 Å². The normalized spacial score (nSPS) is 17.7. The third-order valence-corrected chi connectivity index (χ3v) is 3.93. The summed E-state index contributed by atoms with van der Waals surface area (Å²) in [6.45, 7) is 2.27. The van der Waals surface area contributed by atoms with Crippen molar-refractivity contribution in [3.63, 3.8) is 0 Å². The first-order valence-corrected chi connectivity index (χ1v) is 6.92. The minimum absolute atomic E-state index is 0.0599. The van der Waals surface area contributed by atoms with E-state index in [9.17, 15) is 9.90 Å². The van der Waals surface area contributed by atoms with Gasteiger partial charge in [-0.05, 0) is 18.6 Å². The minimum Gasteiger partial charge on any atom is -0.394 e. The van der Waals surface area contributed by atoms with E-state index in [1.54, 1.807) is 23.6 Å². The van der Waals surface area contributed by atoms with Gasteiger partial charge in [0, 0.05) is 31.6 Å². The van der Waals surface area contributed by atoms with Gasteiger partial charge in [-0.25, -0.2) is 4.98 Å². The number of carbonyl (C=O) groups is 1. The van der Waals surface area contributed by atoms with Crippen LogP contribution in [0.5, 0.6) is 0 Å². The van der Waals surface area contributed by atoms with Gasteiger partial charge in [0.1, 0.15) is 0 Å². The summed E-state index contributed by atoms with van der Waals surface area (Å²) in [6.07, 6.45) is 5.65. The van der Waals surface area contributed by atoms with Crippen molar-refractivity contribution in [2.24, 2.45) is 7.05 Å². The molecule has 6 heteroatoms. The maximum Gasteiger partial charge on any atom is 0.256 e. The molecule has 0 fully saturated rings. The van der Waals surface area contributed by atoms with Gasteiger partial charge >= 0.3 is 0 Å². The summed E-state index contributed by atoms with van der Waals surface area (Å²) in [4.78, 5) is 22.8. The van der Waals surface area contributed by atoms with Crippen molar-refractivity contribution >= 4 is 5.91 Å². The molecular formula is C15H18N4O2. The Morgan fingerprint density at radius 2 is 2.29 bits per heavy atom. The number of imidazole rings is 1. The van der Waals surface area contributed by atoms with Crippen LogP contribution in [-0.4, -0.2) is 43.1 Å². The second-order valence-electron chi connectivity index (χ2n) is 5.47. The van der Waals surface area contributed by atoms with E-state index >= 15 is 0 Å². The first-order valence-electron chi connectivity index (χ1n) is 6.92. The SMILES string of the molecule is Cc1cncc(C(=O)N2Cc3ncn(C)c3C[C@@H]2CO)c1. The summed E-state index contributed by atoms with van der Waals surface area (Å²) in [5, 5.41) is 9.63. The van der Waals surface area contributed by atoms with Gasteiger partial charge in [-0.1, -0.05) is 0 Å². The van der Waals surface area contributed by atoms with Gasteiger partial charge in [-0.2, -0.15) is 0 Å². The maximum atomic E-state index is 12.7. The standard InChI is InChI=1S/C15H18N4O2/c1-10-3-11(6-16-5-10)15(21)19-7-13-14(4-12(19)8-20)18(2)9-17-13/h3,5-6,9,12,20H,4,7-8H2,1-2H3/t12-/m1/s1. The van der Waals surface area contributed by atoms with Crippen LogP contribution in [0.4, 0.5) is 0 Å². The molecule has 0 bridgehead atoms. The van der Waals surface area contributed by atoms with Crippen molar-refractivity contribution in [3.8, 4) is 0 Å². The minimum atomic E-state index is -0.221. The van der Waals surface area contributed by atoms with Crippen LogP contribution in [0.2, 0.25) is 0 Å². The predicted molar refractivity (Wildman–Crippen MR) is 76.6 cm³/mol. The summed E-state index contributed by atoms with van der Waals surface area (Å²) in [5.74, 6) is -0.110. The molecule has 1 amide bonds. The molecule has 1 atom stereocenters. The Kier molecular flexibility index (Phi) is 3.47. The number of rotatable bonds is 2. The van der Waals surface area contributed by atoms with Crippen LogP contribution in [-0.2, 0) is 20.0 Å². The number of aliphatic hydroxyl groups is 1. The molecule has 1 aliphatic rings. The van der Waals surface area contributed by atoms with E-state index in [1.165, 1.54) is 0 Å². The highest BCUT2D eigenvalue weighted by molar-refractivity contribution is 5.94. The van der Waals surface area contributed by atoms with Gasteiger partial charge in [-0.15, -0.1) is 0 Å². The van der Waals surface area contributed by atoms with Crippen molar-refractivity contribution in [2.75, 3.05) is 6.61 Å². The average Bonchev–Trinajstić information content (AvgIpc) is 2.86. The molecule has 110 valence electrons. The quantitative estimate of drug-likeness (QED) is 0.881. The number of aromatic nitrogens is 3. The fourth-order valence-corrected chi connectivity index (χ4v) is 2.76. The molecule has 0 radical (unpaired) electrons. The monoisotopic (exact) mass is 286 g/mol. The number of hydrogen-bond donors (Lipinski definition) is 1. The number of hydrogen-bond acceptors (Lipinski definition) is 4. The van der Waals surface area contributed by atoms with E-state index in [2.05, 4.69) is 9.97 Å². The van der Waals surface area contributed by atoms with Crippen LogP contribution in [0.25, 0.3) is 0 Å². The van der Waals surface area contributed by atoms with Crippen molar-refractivity contribution in [1.29, 1.82) is 0 Å². The van der Waals surface area contributed by atoms with Crippen molar-refractivity contribution < 1.29 is 9.90 Å². The lowest BCUT2D eigenvalue weighted by Crippen LogP contribution is -2.46. The van der Waals surface area contributed by atoms with Crippen LogP contribution in [0.1, 0.15) is 27.3 Å². The molecule has 0 aliphatic carbocycles. The van der Waals surface area contributed by atoms with Crippen molar-refractivity contribution in [3.05, 3.63) is 47.3 Å². The molecule has 2 aromatic rings. The van der Waals surface area contributed by atoms with Crippen LogP contribution in [0.15, 0.2) is 24.8 Å². The van der Waals surface area contributed by atoms with E-state index in [0.717, 1.165) is 17.0 Å². The zero-order valence-electron chi connectivity index (χ0n) is 12.2. The highest BCUT2D eigenvalue weighted by Crippen LogP contribution is 2.23. The number of nitrogens with zero attached hydrogens (tertiary/aromatic N) is 4. The summed E-state index contributed by atoms with van der Waals surface area (Å²) < 4.78 is 1.95. The summed E-state index contributed by atoms with van der Waals surface area (Å²) in [6, 6.07) is 1.60. The summed E-state index contributed by atoms with van der Waals surface area (Å²) in [7, 11) is 1.93. The molecule has 0 saturated heterocycles. The Bertz CT molecular complexity index is 680. The molecule has 1 N–H and O–H groups in total. The first kappa shape index (κ1) is 13.8. The lowest BCUT2D eigenvalue weighted by atomic mass is 10.0. The largest absolute Gasteiger partial charge is 0.394 e. The molecule has 0 unspecified atom stereocenters. The molecule has 1 aliphatic heterocycles. The zero-order chi connectivity index (χ0) is 15.0. The highest BCUT2D eigenvalue weighted by atomic mass is 16.3. The number of aliphatic hydroxyl groups excluding tert-OH is 1. The second-order valence-corrected chi connectivity index (χ2v) is 5.47. The van der Waals surface area contributed by atoms with E-state index in [4.69, 9.17) is 0 Å². The number of aryl methyl sites for hydroxylation is 2. The van der Waals surface area contributed by atoms with Crippen LogP contribution in [0, 0.1) is 6.92 Å². The molecule has 2 aromatic heterocycles. The van der Waals surface area contributed by atoms with Gasteiger partial charge in [0.25, 0.3) is 5.91 Å². The molecular weight excluding hydrogens is 268 g/mol. The molecule has 0 spiro atoms. The second kappa shape index (κ2) is 5.29. The average molecular weight is 286 g/mol. The number of amides is 1.